The molecule has 0 amide bonds. The normalized spacial score (nSPS) is 15.2. The topological polar surface area (TPSA) is 51.2 Å². The van der Waals surface area contributed by atoms with Gasteiger partial charge in [-0.1, -0.05) is 17.7 Å². The molecule has 3 rings (SSSR count). The molecule has 6 nitrogen and oxygen atoms in total. The Labute approximate surface area is 185 Å². The number of hydrogen-bond donors (Lipinski definition) is 0. The number of piperazine rings is 1. The number of aryl methyl sites for hydroxylation is 1. The lowest BCUT2D eigenvalue weighted by Crippen LogP contribution is -2.51. The number of ether oxygens (including phenoxy) is 3. The maximum atomic E-state index is 13.2. The zero-order valence-corrected chi connectivity index (χ0v) is 19.1. The van der Waals surface area contributed by atoms with Crippen LogP contribution in [0.4, 0.5) is 5.69 Å². The fourth-order valence-electron chi connectivity index (χ4n) is 3.75. The molecule has 1 saturated heterocycles. The van der Waals surface area contributed by atoms with E-state index in [2.05, 4.69) is 41.0 Å². The van der Waals surface area contributed by atoms with Gasteiger partial charge in [-0.3, -0.25) is 9.69 Å². The van der Waals surface area contributed by atoms with Gasteiger partial charge in [-0.2, -0.15) is 0 Å². The van der Waals surface area contributed by atoms with Crippen LogP contribution < -0.4 is 19.1 Å². The number of methoxy groups -OCH3 is 3. The molecule has 0 N–H and O–H groups in total. The predicted molar refractivity (Wildman–Crippen MR) is 122 cm³/mol. The molecule has 164 valence electrons. The number of nitrogens with zero attached hydrogens (tertiary/aromatic N) is 2. The van der Waals surface area contributed by atoms with Gasteiger partial charge in [0.2, 0.25) is 5.75 Å². The Morgan fingerprint density at radius 3 is 1.90 bits per heavy atom. The number of Topliss-reactive ketones (excluding diaryl/α,β-unsaturated/α-hetero) is 1. The van der Waals surface area contributed by atoms with Crippen LogP contribution in [0.5, 0.6) is 17.2 Å². The summed E-state index contributed by atoms with van der Waals surface area (Å²) < 4.78 is 16.1. The third-order valence-electron chi connectivity index (χ3n) is 5.59. The third-order valence-corrected chi connectivity index (χ3v) is 5.59. The Morgan fingerprint density at radius 1 is 0.900 bits per heavy atom. The Morgan fingerprint density at radius 2 is 1.43 bits per heavy atom. The minimum absolute atomic E-state index is 0. The highest BCUT2D eigenvalue weighted by atomic mass is 35.5. The Bertz CT molecular complexity index is 824. The first-order valence-electron chi connectivity index (χ1n) is 9.88. The molecule has 0 bridgehead atoms. The molecule has 1 atom stereocenters. The van der Waals surface area contributed by atoms with Crippen molar-refractivity contribution in [3.05, 3.63) is 47.5 Å². The molecule has 2 aromatic rings. The zero-order valence-electron chi connectivity index (χ0n) is 18.3. The Kier molecular flexibility index (Phi) is 8.38. The van der Waals surface area contributed by atoms with E-state index in [1.807, 2.05) is 6.92 Å². The van der Waals surface area contributed by atoms with E-state index in [-0.39, 0.29) is 24.2 Å². The van der Waals surface area contributed by atoms with Crippen LogP contribution in [0.25, 0.3) is 0 Å². The second kappa shape index (κ2) is 10.5. The van der Waals surface area contributed by atoms with Crippen LogP contribution in [0.2, 0.25) is 0 Å². The first kappa shape index (κ1) is 23.8. The van der Waals surface area contributed by atoms with Gasteiger partial charge < -0.3 is 19.1 Å². The summed E-state index contributed by atoms with van der Waals surface area (Å²) in [6, 6.07) is 11.8. The monoisotopic (exact) mass is 434 g/mol. The van der Waals surface area contributed by atoms with Gasteiger partial charge in [-0.05, 0) is 38.1 Å². The largest absolute Gasteiger partial charge is 0.493 e. The van der Waals surface area contributed by atoms with Gasteiger partial charge in [0.15, 0.2) is 17.3 Å². The zero-order chi connectivity index (χ0) is 21.0. The van der Waals surface area contributed by atoms with Gasteiger partial charge in [-0.25, -0.2) is 0 Å². The summed E-state index contributed by atoms with van der Waals surface area (Å²) in [5.74, 6) is 1.53. The molecule has 30 heavy (non-hydrogen) atoms. The lowest BCUT2D eigenvalue weighted by Gasteiger charge is -2.38. The molecule has 0 aromatic heterocycles. The lowest BCUT2D eigenvalue weighted by atomic mass is 10.0. The average Bonchev–Trinajstić information content (AvgIpc) is 2.77. The van der Waals surface area contributed by atoms with Crippen LogP contribution in [0, 0.1) is 6.92 Å². The summed E-state index contributed by atoms with van der Waals surface area (Å²) in [6.07, 6.45) is 0. The van der Waals surface area contributed by atoms with E-state index in [1.165, 1.54) is 11.3 Å². The quantitative estimate of drug-likeness (QED) is 0.617. The van der Waals surface area contributed by atoms with Crippen LogP contribution >= 0.6 is 12.4 Å². The molecule has 0 aliphatic carbocycles. The SMILES string of the molecule is COc1cc(C(=O)C(C)N2CCN(c3ccc(C)cc3)CC2)cc(OC)c1OC.Cl. The van der Waals surface area contributed by atoms with E-state index < -0.39 is 0 Å². The van der Waals surface area contributed by atoms with Crippen LogP contribution in [0.3, 0.4) is 0 Å². The van der Waals surface area contributed by atoms with Crippen molar-refractivity contribution in [2.45, 2.75) is 19.9 Å². The molecule has 1 fully saturated rings. The summed E-state index contributed by atoms with van der Waals surface area (Å²) >= 11 is 0. The first-order valence-corrected chi connectivity index (χ1v) is 9.88. The fourth-order valence-corrected chi connectivity index (χ4v) is 3.75. The maximum Gasteiger partial charge on any atom is 0.203 e. The molecule has 1 aliphatic heterocycles. The number of ketones is 1. The molecule has 0 saturated carbocycles. The lowest BCUT2D eigenvalue weighted by molar-refractivity contribution is 0.0829. The third kappa shape index (κ3) is 4.99. The molecular weight excluding hydrogens is 404 g/mol. The fraction of sp³-hybridized carbons (Fsp3) is 0.435. The maximum absolute atomic E-state index is 13.2. The smallest absolute Gasteiger partial charge is 0.203 e. The Hall–Kier alpha value is -2.44. The van der Waals surface area contributed by atoms with Gasteiger partial charge in [0.1, 0.15) is 0 Å². The van der Waals surface area contributed by atoms with E-state index in [1.54, 1.807) is 33.5 Å². The second-order valence-electron chi connectivity index (χ2n) is 7.31. The molecule has 1 heterocycles. The van der Waals surface area contributed by atoms with Crippen LogP contribution in [-0.4, -0.2) is 64.2 Å². The standard InChI is InChI=1S/C23H30N2O4.ClH/c1-16-6-8-19(9-7-16)25-12-10-24(11-13-25)17(2)22(26)18-14-20(27-3)23(29-5)21(15-18)28-4;/h6-9,14-15,17H,10-13H2,1-5H3;1H. The number of halogens is 1. The van der Waals surface area contributed by atoms with Gasteiger partial charge >= 0.3 is 0 Å². The van der Waals surface area contributed by atoms with Crippen molar-refractivity contribution in [3.8, 4) is 17.2 Å². The minimum Gasteiger partial charge on any atom is -0.493 e. The van der Waals surface area contributed by atoms with Crippen molar-refractivity contribution in [1.29, 1.82) is 0 Å². The van der Waals surface area contributed by atoms with Gasteiger partial charge in [0, 0.05) is 37.4 Å². The van der Waals surface area contributed by atoms with Crippen molar-refractivity contribution >= 4 is 23.9 Å². The summed E-state index contributed by atoms with van der Waals surface area (Å²) in [7, 11) is 4.66. The Balaban J connectivity index is 0.00000320. The molecule has 0 radical (unpaired) electrons. The van der Waals surface area contributed by atoms with Gasteiger partial charge in [0.25, 0.3) is 0 Å². The molecule has 1 aliphatic rings. The van der Waals surface area contributed by atoms with Crippen molar-refractivity contribution in [3.63, 3.8) is 0 Å². The number of rotatable bonds is 7. The number of carbonyl (C=O) groups excluding carboxylic acids is 1. The average molecular weight is 435 g/mol. The van der Waals surface area contributed by atoms with Gasteiger partial charge in [-0.15, -0.1) is 12.4 Å². The molecule has 2 aromatic carbocycles. The highest BCUT2D eigenvalue weighted by Gasteiger charge is 2.28. The van der Waals surface area contributed by atoms with E-state index in [9.17, 15) is 4.79 Å². The predicted octanol–water partition coefficient (Wildman–Crippen LogP) is 3.84. The van der Waals surface area contributed by atoms with Crippen molar-refractivity contribution in [1.82, 2.24) is 4.90 Å². The van der Waals surface area contributed by atoms with Crippen LogP contribution in [-0.2, 0) is 0 Å². The summed E-state index contributed by atoms with van der Waals surface area (Å²) in [5.41, 5.74) is 3.06. The molecular formula is C23H31ClN2O4. The van der Waals surface area contributed by atoms with Crippen molar-refractivity contribution in [2.24, 2.45) is 0 Å². The molecule has 1 unspecified atom stereocenters. The first-order chi connectivity index (χ1) is 14.0. The van der Waals surface area contributed by atoms with Crippen LogP contribution in [0.1, 0.15) is 22.8 Å². The number of carbonyl (C=O) groups is 1. The van der Waals surface area contributed by atoms with Crippen LogP contribution in [0.15, 0.2) is 36.4 Å². The highest BCUT2D eigenvalue weighted by molar-refractivity contribution is 6.01. The number of benzene rings is 2. The highest BCUT2D eigenvalue weighted by Crippen LogP contribution is 2.38. The van der Waals surface area contributed by atoms with E-state index in [0.717, 1.165) is 26.2 Å². The van der Waals surface area contributed by atoms with E-state index in [0.29, 0.717) is 22.8 Å². The van der Waals surface area contributed by atoms with Crippen molar-refractivity contribution in [2.75, 3.05) is 52.4 Å². The van der Waals surface area contributed by atoms with Gasteiger partial charge in [0.05, 0.1) is 27.4 Å². The molecule has 0 spiro atoms. The number of anilines is 1. The summed E-state index contributed by atoms with van der Waals surface area (Å²) in [4.78, 5) is 17.8. The summed E-state index contributed by atoms with van der Waals surface area (Å²) in [6.45, 7) is 7.54. The summed E-state index contributed by atoms with van der Waals surface area (Å²) in [5, 5.41) is 0. The number of hydrogen-bond acceptors (Lipinski definition) is 6. The van der Waals surface area contributed by atoms with Crippen molar-refractivity contribution < 1.29 is 19.0 Å². The second-order valence-corrected chi connectivity index (χ2v) is 7.31. The molecule has 7 heteroatoms. The minimum atomic E-state index is -0.224. The van der Waals surface area contributed by atoms with E-state index in [4.69, 9.17) is 14.2 Å². The van der Waals surface area contributed by atoms with E-state index >= 15 is 0 Å².